The number of nitrogens with zero attached hydrogens (tertiary/aromatic N) is 3. The molecule has 4 aromatic carbocycles. The number of carbonyl (C=O) groups excluding carboxylic acids is 1. The number of fused-ring (bicyclic) bond motifs is 2. The lowest BCUT2D eigenvalue weighted by atomic mass is 10.1. The maximum absolute atomic E-state index is 12.5. The minimum absolute atomic E-state index is 0.392. The Balaban J connectivity index is 1.32. The standard InChI is InChI=1S/C44H42ClN3O8S4/c1-30-27-37-40(29-36(30)45)60-42(46(37)23-9-25-57-55-53-50)22-19-32-16-15-31(43(32)48(34-11-5-3-6-12-34)35-13-7-4-8-14-35)18-21-41-47(24-10-26-58-56-54-51)38-28-33(44(49)52-2)17-20-39(38)59-41/h3-8,11-14,17-22,27-29H,9-10,15-16,23-26H2,1-2H3,(H-,50,51)/p+1. The van der Waals surface area contributed by atoms with Crippen LogP contribution in [0.5, 0.6) is 0 Å². The number of thioether (sulfide) groups is 1. The third kappa shape index (κ3) is 10.5. The van der Waals surface area contributed by atoms with Gasteiger partial charge in [0.25, 0.3) is 5.01 Å². The molecular weight excluding hydrogens is 862 g/mol. The number of hydrogen-bond acceptors (Lipinski definition) is 14. The van der Waals surface area contributed by atoms with Crippen LogP contribution in [0.2, 0.25) is 5.02 Å². The summed E-state index contributed by atoms with van der Waals surface area (Å²) >= 11 is 12.0. The lowest BCUT2D eigenvalue weighted by Gasteiger charge is -2.28. The van der Waals surface area contributed by atoms with Crippen molar-refractivity contribution in [3.8, 4) is 0 Å². The van der Waals surface area contributed by atoms with E-state index in [9.17, 15) is 4.79 Å². The van der Waals surface area contributed by atoms with Gasteiger partial charge in [-0.15, -0.1) is 8.67 Å². The van der Waals surface area contributed by atoms with Gasteiger partial charge in [0.05, 0.1) is 29.1 Å². The molecule has 1 aromatic heterocycles. The predicted molar refractivity (Wildman–Crippen MR) is 243 cm³/mol. The molecule has 0 saturated heterocycles. The Morgan fingerprint density at radius 1 is 0.900 bits per heavy atom. The number of anilines is 3. The first-order chi connectivity index (χ1) is 29.4. The number of benzene rings is 4. The number of esters is 1. The number of methoxy groups -OCH3 is 1. The molecule has 0 saturated carbocycles. The molecule has 7 rings (SSSR count). The highest BCUT2D eigenvalue weighted by atomic mass is 35.5. The van der Waals surface area contributed by atoms with E-state index in [2.05, 4.69) is 112 Å². The first-order valence-electron chi connectivity index (χ1n) is 19.1. The Morgan fingerprint density at radius 3 is 2.28 bits per heavy atom. The van der Waals surface area contributed by atoms with Crippen molar-refractivity contribution in [1.82, 2.24) is 0 Å². The van der Waals surface area contributed by atoms with E-state index in [0.717, 1.165) is 108 Å². The summed E-state index contributed by atoms with van der Waals surface area (Å²) in [5.41, 5.74) is 9.11. The predicted octanol–water partition coefficient (Wildman–Crippen LogP) is 12.1. The number of aromatic nitrogens is 1. The smallest absolute Gasteiger partial charge is 0.338 e. The summed E-state index contributed by atoms with van der Waals surface area (Å²) in [5.74, 6) is 0.810. The second-order valence-corrected chi connectivity index (χ2v) is 17.7. The zero-order valence-electron chi connectivity index (χ0n) is 32.8. The van der Waals surface area contributed by atoms with E-state index >= 15 is 0 Å². The van der Waals surface area contributed by atoms with Crippen LogP contribution in [0.3, 0.4) is 0 Å². The Kier molecular flexibility index (Phi) is 15.8. The van der Waals surface area contributed by atoms with Crippen molar-refractivity contribution in [3.05, 3.63) is 152 Å². The van der Waals surface area contributed by atoms with Crippen molar-refractivity contribution in [3.63, 3.8) is 0 Å². The average molecular weight is 906 g/mol. The van der Waals surface area contributed by atoms with Crippen molar-refractivity contribution < 1.29 is 43.4 Å². The summed E-state index contributed by atoms with van der Waals surface area (Å²) < 4.78 is 17.6. The monoisotopic (exact) mass is 904 g/mol. The Morgan fingerprint density at radius 2 is 1.60 bits per heavy atom. The van der Waals surface area contributed by atoms with Crippen molar-refractivity contribution in [2.75, 3.05) is 35.0 Å². The van der Waals surface area contributed by atoms with Gasteiger partial charge in [-0.1, -0.05) is 87.3 Å². The molecule has 11 nitrogen and oxygen atoms in total. The van der Waals surface area contributed by atoms with Crippen LogP contribution < -0.4 is 14.4 Å². The topological polar surface area (TPSA) is 114 Å². The van der Waals surface area contributed by atoms with Gasteiger partial charge in [0, 0.05) is 82.0 Å². The zero-order valence-corrected chi connectivity index (χ0v) is 36.8. The summed E-state index contributed by atoms with van der Waals surface area (Å²) in [5, 5.41) is 27.6. The van der Waals surface area contributed by atoms with E-state index in [1.54, 1.807) is 29.2 Å². The molecular formula is C44H43ClN3O8S4+. The SMILES string of the molecule is COC(=O)c1ccc2sc(/C=C/C3=C(N(c4ccccc4)c4ccccc4)C(=C/C=C4\Sc5cc(Cl)c(C)cc5N4CCCSOOO)/CC3)[n+](CCCSOOO)c2c1. The summed E-state index contributed by atoms with van der Waals surface area (Å²) in [6.07, 6.45) is 12.0. The van der Waals surface area contributed by atoms with Crippen LogP contribution in [0.15, 0.2) is 136 Å². The van der Waals surface area contributed by atoms with E-state index in [-0.39, 0.29) is 0 Å². The lowest BCUT2D eigenvalue weighted by molar-refractivity contribution is -0.668. The van der Waals surface area contributed by atoms with Gasteiger partial charge in [0.2, 0.25) is 5.52 Å². The molecule has 0 unspecified atom stereocenters. The molecule has 16 heteroatoms. The van der Waals surface area contributed by atoms with Crippen LogP contribution in [-0.2, 0) is 30.0 Å². The van der Waals surface area contributed by atoms with E-state index < -0.39 is 5.97 Å². The van der Waals surface area contributed by atoms with E-state index in [4.69, 9.17) is 26.9 Å². The fourth-order valence-corrected chi connectivity index (χ4v) is 10.3. The quantitative estimate of drug-likeness (QED) is 0.0205. The number of hydrogen-bond donors (Lipinski definition) is 2. The number of thiazole rings is 1. The molecule has 2 aliphatic rings. The number of para-hydroxylation sites is 2. The molecule has 1 aliphatic heterocycles. The lowest BCUT2D eigenvalue weighted by Crippen LogP contribution is -2.35. The largest absolute Gasteiger partial charge is 0.465 e. The highest BCUT2D eigenvalue weighted by Gasteiger charge is 2.29. The molecule has 0 fully saturated rings. The van der Waals surface area contributed by atoms with Crippen LogP contribution in [0, 0.1) is 6.92 Å². The van der Waals surface area contributed by atoms with Gasteiger partial charge in [-0.05, 0) is 104 Å². The van der Waals surface area contributed by atoms with Crippen molar-refractivity contribution in [2.24, 2.45) is 0 Å². The number of aryl methyl sites for hydroxylation is 2. The van der Waals surface area contributed by atoms with Crippen LogP contribution in [0.25, 0.3) is 16.3 Å². The number of carbonyl (C=O) groups is 1. The van der Waals surface area contributed by atoms with Gasteiger partial charge in [0.15, 0.2) is 6.54 Å². The van der Waals surface area contributed by atoms with Crippen molar-refractivity contribution >= 4 is 98.1 Å². The summed E-state index contributed by atoms with van der Waals surface area (Å²) in [6.45, 7) is 3.39. The Bertz CT molecular complexity index is 2370. The minimum Gasteiger partial charge on any atom is -0.465 e. The summed E-state index contributed by atoms with van der Waals surface area (Å²) in [7, 11) is 1.38. The Hall–Kier alpha value is -4.10. The number of halogens is 1. The molecule has 1 aliphatic carbocycles. The van der Waals surface area contributed by atoms with Gasteiger partial charge < -0.3 is 14.5 Å². The first kappa shape index (κ1) is 44.0. The normalized spacial score (nSPS) is 15.3. The molecule has 0 spiro atoms. The molecule has 0 atom stereocenters. The summed E-state index contributed by atoms with van der Waals surface area (Å²) in [6, 6.07) is 30.7. The van der Waals surface area contributed by atoms with E-state index in [1.807, 2.05) is 37.3 Å². The first-order valence-corrected chi connectivity index (χ1v) is 23.0. The average Bonchev–Trinajstić information content (AvgIpc) is 3.94. The minimum atomic E-state index is -0.392. The molecule has 0 radical (unpaired) electrons. The van der Waals surface area contributed by atoms with Crippen LogP contribution in [0.1, 0.15) is 46.6 Å². The molecule has 2 N–H and O–H groups in total. The maximum atomic E-state index is 12.5. The third-order valence-electron chi connectivity index (χ3n) is 9.92. The highest BCUT2D eigenvalue weighted by molar-refractivity contribution is 8.03. The van der Waals surface area contributed by atoms with Crippen molar-refractivity contribution in [2.45, 2.75) is 44.0 Å². The Labute approximate surface area is 370 Å². The third-order valence-corrected chi connectivity index (χ3v) is 13.8. The highest BCUT2D eigenvalue weighted by Crippen LogP contribution is 2.49. The van der Waals surface area contributed by atoms with Crippen LogP contribution in [0.4, 0.5) is 17.1 Å². The second kappa shape index (κ2) is 21.6. The molecule has 5 aromatic rings. The number of ether oxygens (including phenoxy) is 1. The van der Waals surface area contributed by atoms with Gasteiger partial charge in [-0.25, -0.2) is 15.3 Å². The molecule has 312 valence electrons. The van der Waals surface area contributed by atoms with Crippen LogP contribution in [-0.4, -0.2) is 41.6 Å². The van der Waals surface area contributed by atoms with Gasteiger partial charge in [-0.2, -0.15) is 4.57 Å². The zero-order chi connectivity index (χ0) is 41.8. The summed E-state index contributed by atoms with van der Waals surface area (Å²) in [4.78, 5) is 18.3. The second-order valence-electron chi connectivity index (χ2n) is 13.6. The molecule has 0 bridgehead atoms. The van der Waals surface area contributed by atoms with Gasteiger partial charge in [0.1, 0.15) is 4.70 Å². The molecule has 0 amide bonds. The van der Waals surface area contributed by atoms with Crippen molar-refractivity contribution in [1.29, 1.82) is 0 Å². The van der Waals surface area contributed by atoms with Crippen LogP contribution >= 0.6 is 58.8 Å². The van der Waals surface area contributed by atoms with E-state index in [1.165, 1.54) is 18.3 Å². The maximum Gasteiger partial charge on any atom is 0.338 e. The number of allylic oxidation sites excluding steroid dienone is 5. The van der Waals surface area contributed by atoms with E-state index in [0.29, 0.717) is 30.0 Å². The number of rotatable bonds is 19. The molecule has 2 heterocycles. The molecule has 60 heavy (non-hydrogen) atoms. The van der Waals surface area contributed by atoms with Gasteiger partial charge in [-0.3, -0.25) is 0 Å². The fourth-order valence-electron chi connectivity index (χ4n) is 7.19. The fraction of sp³-hybridized carbons (Fsp3) is 0.227. The van der Waals surface area contributed by atoms with Gasteiger partial charge >= 0.3 is 5.97 Å².